The molecule has 68 valence electrons. The van der Waals surface area contributed by atoms with Crippen LogP contribution in [0.1, 0.15) is 10.8 Å². The second-order valence-corrected chi connectivity index (χ2v) is 4.04. The van der Waals surface area contributed by atoms with Crippen molar-refractivity contribution in [3.05, 3.63) is 27.7 Å². The molecule has 0 aromatic heterocycles. The molecule has 1 amide bonds. The van der Waals surface area contributed by atoms with Crippen LogP contribution in [0.3, 0.4) is 0 Å². The summed E-state index contributed by atoms with van der Waals surface area (Å²) >= 11 is 15.9. The molecule has 0 aliphatic carbocycles. The van der Waals surface area contributed by atoms with Crippen LogP contribution in [-0.2, 0) is 4.79 Å². The predicted octanol–water partition coefficient (Wildman–Crippen LogP) is 2.92. The Kier molecular flexibility index (Phi) is 2.18. The molecule has 1 N–H and O–H groups in total. The highest BCUT2D eigenvalue weighted by Crippen LogP contribution is 2.43. The molecule has 1 heterocycles. The van der Waals surface area contributed by atoms with Crippen molar-refractivity contribution in [1.29, 1.82) is 0 Å². The van der Waals surface area contributed by atoms with Gasteiger partial charge in [0, 0.05) is 10.6 Å². The second kappa shape index (κ2) is 3.08. The van der Waals surface area contributed by atoms with Crippen molar-refractivity contribution in [2.45, 2.75) is 5.25 Å². The molecule has 1 aliphatic heterocycles. The fraction of sp³-hybridized carbons (Fsp3) is 0.125. The summed E-state index contributed by atoms with van der Waals surface area (Å²) in [5.74, 6) is -0.187. The van der Waals surface area contributed by atoms with Crippen LogP contribution in [0, 0.1) is 0 Å². The summed E-state index contributed by atoms with van der Waals surface area (Å²) in [5, 5.41) is 3.11. The summed E-state index contributed by atoms with van der Waals surface area (Å²) in [7, 11) is 0. The second-order valence-electron chi connectivity index (χ2n) is 2.71. The smallest absolute Gasteiger partial charge is 0.241 e. The SMILES string of the molecule is O=C1Nc2c(Cl)ccc(Cl)c2C1S. The van der Waals surface area contributed by atoms with Gasteiger partial charge in [0.1, 0.15) is 5.25 Å². The Balaban J connectivity index is 2.68. The Hall–Kier alpha value is -0.380. The van der Waals surface area contributed by atoms with Gasteiger partial charge in [-0.25, -0.2) is 0 Å². The molecule has 0 fully saturated rings. The first-order chi connectivity index (χ1) is 6.11. The van der Waals surface area contributed by atoms with Crippen LogP contribution in [0.2, 0.25) is 10.0 Å². The quantitative estimate of drug-likeness (QED) is 0.664. The summed E-state index contributed by atoms with van der Waals surface area (Å²) in [4.78, 5) is 11.2. The van der Waals surface area contributed by atoms with Gasteiger partial charge in [0.25, 0.3) is 0 Å². The third kappa shape index (κ3) is 1.31. The van der Waals surface area contributed by atoms with E-state index in [1.807, 2.05) is 0 Å². The fourth-order valence-corrected chi connectivity index (χ4v) is 2.17. The minimum absolute atomic E-state index is 0.187. The molecule has 2 rings (SSSR count). The normalized spacial score (nSPS) is 19.9. The number of hydrogen-bond donors (Lipinski definition) is 2. The average molecular weight is 234 g/mol. The number of fused-ring (bicyclic) bond motifs is 1. The molecule has 13 heavy (non-hydrogen) atoms. The molecule has 0 saturated carbocycles. The van der Waals surface area contributed by atoms with Crippen LogP contribution in [0.15, 0.2) is 12.1 Å². The monoisotopic (exact) mass is 233 g/mol. The molecular weight excluding hydrogens is 229 g/mol. The van der Waals surface area contributed by atoms with Crippen molar-refractivity contribution in [3.8, 4) is 0 Å². The maximum absolute atomic E-state index is 11.2. The number of halogens is 2. The number of nitrogens with one attached hydrogen (secondary N) is 1. The molecule has 5 heteroatoms. The number of carbonyl (C=O) groups is 1. The molecule has 1 unspecified atom stereocenters. The first-order valence-corrected chi connectivity index (χ1v) is 4.85. The van der Waals surface area contributed by atoms with E-state index < -0.39 is 5.25 Å². The minimum atomic E-state index is -0.513. The van der Waals surface area contributed by atoms with Gasteiger partial charge >= 0.3 is 0 Å². The summed E-state index contributed by atoms with van der Waals surface area (Å²) in [6.07, 6.45) is 0. The van der Waals surface area contributed by atoms with E-state index in [2.05, 4.69) is 17.9 Å². The Morgan fingerprint density at radius 3 is 2.54 bits per heavy atom. The number of anilines is 1. The predicted molar refractivity (Wildman–Crippen MR) is 56.8 cm³/mol. The van der Waals surface area contributed by atoms with Gasteiger partial charge in [0.15, 0.2) is 0 Å². The Labute approximate surface area is 90.6 Å². The van der Waals surface area contributed by atoms with Crippen LogP contribution in [-0.4, -0.2) is 5.91 Å². The van der Waals surface area contributed by atoms with Crippen molar-refractivity contribution in [2.24, 2.45) is 0 Å². The van der Waals surface area contributed by atoms with Gasteiger partial charge in [-0.2, -0.15) is 12.6 Å². The van der Waals surface area contributed by atoms with Gasteiger partial charge in [-0.15, -0.1) is 0 Å². The first-order valence-electron chi connectivity index (χ1n) is 3.58. The fourth-order valence-electron chi connectivity index (χ4n) is 1.28. The van der Waals surface area contributed by atoms with Crippen molar-refractivity contribution in [2.75, 3.05) is 5.32 Å². The van der Waals surface area contributed by atoms with E-state index in [0.717, 1.165) is 0 Å². The van der Waals surface area contributed by atoms with E-state index in [4.69, 9.17) is 23.2 Å². The Morgan fingerprint density at radius 1 is 1.31 bits per heavy atom. The lowest BCUT2D eigenvalue weighted by molar-refractivity contribution is -0.115. The maximum atomic E-state index is 11.2. The topological polar surface area (TPSA) is 29.1 Å². The van der Waals surface area contributed by atoms with Crippen molar-refractivity contribution >= 4 is 47.4 Å². The Morgan fingerprint density at radius 2 is 1.92 bits per heavy atom. The summed E-state index contributed by atoms with van der Waals surface area (Å²) < 4.78 is 0. The molecule has 1 aliphatic rings. The van der Waals surface area contributed by atoms with E-state index >= 15 is 0 Å². The number of benzene rings is 1. The number of carbonyl (C=O) groups excluding carboxylic acids is 1. The lowest BCUT2D eigenvalue weighted by Crippen LogP contribution is -2.06. The third-order valence-electron chi connectivity index (χ3n) is 1.91. The molecule has 1 aromatic rings. The molecule has 1 aromatic carbocycles. The zero-order chi connectivity index (χ0) is 9.59. The zero-order valence-corrected chi connectivity index (χ0v) is 8.75. The van der Waals surface area contributed by atoms with Crippen LogP contribution in [0.25, 0.3) is 0 Å². The van der Waals surface area contributed by atoms with Crippen LogP contribution >= 0.6 is 35.8 Å². The van der Waals surface area contributed by atoms with Gasteiger partial charge in [0.05, 0.1) is 10.7 Å². The maximum Gasteiger partial charge on any atom is 0.241 e. The molecule has 0 bridgehead atoms. The average Bonchev–Trinajstić information content (AvgIpc) is 2.38. The highest BCUT2D eigenvalue weighted by molar-refractivity contribution is 7.81. The van der Waals surface area contributed by atoms with Crippen molar-refractivity contribution in [1.82, 2.24) is 0 Å². The van der Waals surface area contributed by atoms with Gasteiger partial charge in [-0.1, -0.05) is 23.2 Å². The molecule has 2 nitrogen and oxygen atoms in total. The standard InChI is InChI=1S/C8H5Cl2NOS/c9-3-1-2-4(10)6-5(3)7(13)8(12)11-6/h1-2,7,13H,(H,11,12). The van der Waals surface area contributed by atoms with E-state index in [-0.39, 0.29) is 5.91 Å². The molecular formula is C8H5Cl2NOS. The van der Waals surface area contributed by atoms with Crippen LogP contribution < -0.4 is 5.32 Å². The lowest BCUT2D eigenvalue weighted by atomic mass is 10.1. The van der Waals surface area contributed by atoms with Gasteiger partial charge < -0.3 is 5.32 Å². The summed E-state index contributed by atoms with van der Waals surface area (Å²) in [6.45, 7) is 0. The van der Waals surface area contributed by atoms with E-state index in [9.17, 15) is 4.79 Å². The van der Waals surface area contributed by atoms with Gasteiger partial charge in [-0.3, -0.25) is 4.79 Å². The number of amides is 1. The first kappa shape index (κ1) is 9.19. The number of hydrogen-bond acceptors (Lipinski definition) is 2. The Bertz CT molecular complexity index is 394. The summed E-state index contributed by atoms with van der Waals surface area (Å²) in [6, 6.07) is 3.31. The molecule has 1 atom stereocenters. The largest absolute Gasteiger partial charge is 0.323 e. The highest BCUT2D eigenvalue weighted by atomic mass is 35.5. The van der Waals surface area contributed by atoms with Gasteiger partial charge in [0.2, 0.25) is 5.91 Å². The van der Waals surface area contributed by atoms with Crippen molar-refractivity contribution < 1.29 is 4.79 Å². The van der Waals surface area contributed by atoms with Crippen LogP contribution in [0.4, 0.5) is 5.69 Å². The van der Waals surface area contributed by atoms with E-state index in [1.54, 1.807) is 12.1 Å². The summed E-state index contributed by atoms with van der Waals surface area (Å²) in [5.41, 5.74) is 1.25. The highest BCUT2D eigenvalue weighted by Gasteiger charge is 2.31. The number of rotatable bonds is 0. The van der Waals surface area contributed by atoms with Crippen molar-refractivity contribution in [3.63, 3.8) is 0 Å². The minimum Gasteiger partial charge on any atom is -0.323 e. The lowest BCUT2D eigenvalue weighted by Gasteiger charge is -2.04. The third-order valence-corrected chi connectivity index (χ3v) is 3.05. The van der Waals surface area contributed by atoms with Gasteiger partial charge in [-0.05, 0) is 12.1 Å². The van der Waals surface area contributed by atoms with Crippen LogP contribution in [0.5, 0.6) is 0 Å². The molecule has 0 radical (unpaired) electrons. The molecule has 0 spiro atoms. The van der Waals surface area contributed by atoms with E-state index in [1.165, 1.54) is 0 Å². The zero-order valence-electron chi connectivity index (χ0n) is 6.34. The van der Waals surface area contributed by atoms with E-state index in [0.29, 0.717) is 21.3 Å². The molecule has 0 saturated heterocycles. The number of thiol groups is 1.